The minimum atomic E-state index is -2.05. The normalized spacial score (nSPS) is 14.5. The molecule has 120 valence electrons. The minimum Gasteiger partial charge on any atom is -0.378 e. The Balaban J connectivity index is 2.14. The smallest absolute Gasteiger partial charge is 0.215 e. The van der Waals surface area contributed by atoms with Gasteiger partial charge in [0.2, 0.25) is 5.91 Å². The highest BCUT2D eigenvalue weighted by Crippen LogP contribution is 2.41. The van der Waals surface area contributed by atoms with Gasteiger partial charge in [-0.25, -0.2) is 0 Å². The summed E-state index contributed by atoms with van der Waals surface area (Å²) >= 11 is 0. The largest absolute Gasteiger partial charge is 0.378 e. The molecule has 0 unspecified atom stereocenters. The lowest BCUT2D eigenvalue weighted by Crippen LogP contribution is -2.51. The number of rotatable bonds is 3. The second kappa shape index (κ2) is 5.64. The fourth-order valence-electron chi connectivity index (χ4n) is 3.71. The monoisotopic (exact) mass is 323 g/mol. The van der Waals surface area contributed by atoms with Gasteiger partial charge in [-0.2, -0.15) is 0 Å². The van der Waals surface area contributed by atoms with Crippen LogP contribution in [-0.2, 0) is 11.2 Å². The fraction of sp³-hybridized carbons (Fsp3) is 0.350. The number of benzene rings is 2. The Kier molecular flexibility index (Phi) is 3.92. The van der Waals surface area contributed by atoms with Crippen LogP contribution in [0.3, 0.4) is 0 Å². The van der Waals surface area contributed by atoms with Gasteiger partial charge in [0.05, 0.1) is 0 Å². The predicted octanol–water partition coefficient (Wildman–Crippen LogP) is 4.69. The lowest BCUT2D eigenvalue weighted by Gasteiger charge is -2.29. The summed E-state index contributed by atoms with van der Waals surface area (Å²) in [6.07, 6.45) is 1.00. The number of amides is 1. The summed E-state index contributed by atoms with van der Waals surface area (Å²) in [7, 11) is -2.05. The molecule has 0 fully saturated rings. The molecule has 0 radical (unpaired) electrons. The van der Waals surface area contributed by atoms with E-state index in [2.05, 4.69) is 61.4 Å². The summed E-state index contributed by atoms with van der Waals surface area (Å²) in [5, 5.41) is 4.01. The molecule has 1 aliphatic rings. The molecule has 0 bridgehead atoms. The van der Waals surface area contributed by atoms with Crippen LogP contribution in [0, 0.1) is 5.92 Å². The molecule has 3 rings (SSSR count). The van der Waals surface area contributed by atoms with Crippen LogP contribution < -0.4 is 4.98 Å². The highest BCUT2D eigenvalue weighted by atomic mass is 28.3. The molecule has 1 N–H and O–H groups in total. The second-order valence-electron chi connectivity index (χ2n) is 7.42. The molecule has 0 saturated carbocycles. The van der Waals surface area contributed by atoms with Crippen LogP contribution in [0.25, 0.3) is 16.0 Å². The first kappa shape index (κ1) is 16.0. The van der Waals surface area contributed by atoms with Crippen molar-refractivity contribution in [3.8, 4) is 0 Å². The Bertz CT molecular complexity index is 818. The van der Waals surface area contributed by atoms with Gasteiger partial charge in [0.1, 0.15) is 0 Å². The Morgan fingerprint density at radius 3 is 2.52 bits per heavy atom. The van der Waals surface area contributed by atoms with E-state index in [1.54, 1.807) is 0 Å². The van der Waals surface area contributed by atoms with E-state index in [4.69, 9.17) is 0 Å². The molecule has 0 saturated heterocycles. The topological polar surface area (TPSA) is 29.1 Å². The minimum absolute atomic E-state index is 0.0241. The van der Waals surface area contributed by atoms with Crippen molar-refractivity contribution >= 4 is 30.1 Å². The summed E-state index contributed by atoms with van der Waals surface area (Å²) in [5.41, 5.74) is 4.19. The summed E-state index contributed by atoms with van der Waals surface area (Å²) in [6.45, 7) is 10.6. The molecule has 23 heavy (non-hydrogen) atoms. The van der Waals surface area contributed by atoms with Crippen molar-refractivity contribution < 1.29 is 4.79 Å². The number of hydrogen-bond acceptors (Lipinski definition) is 1. The van der Waals surface area contributed by atoms with E-state index in [1.165, 1.54) is 32.7 Å². The van der Waals surface area contributed by atoms with E-state index in [0.717, 1.165) is 6.42 Å². The molecule has 1 aliphatic carbocycles. The standard InChI is InChI=1S/C20H25NOSi/c1-13(2)20(22)21-23(4,5)19-14(3)12-16-11-10-15-8-6-7-9-17(15)18(16)19/h6-11,13H,12H2,1-5H3,(H,21,22). The van der Waals surface area contributed by atoms with Gasteiger partial charge in [-0.3, -0.25) is 4.79 Å². The number of carbonyl (C=O) groups is 1. The van der Waals surface area contributed by atoms with Crippen molar-refractivity contribution in [2.75, 3.05) is 0 Å². The van der Waals surface area contributed by atoms with Crippen LogP contribution in [0.1, 0.15) is 31.9 Å². The third-order valence-electron chi connectivity index (χ3n) is 4.73. The summed E-state index contributed by atoms with van der Waals surface area (Å²) < 4.78 is 0. The van der Waals surface area contributed by atoms with E-state index in [0.29, 0.717) is 0 Å². The van der Waals surface area contributed by atoms with Gasteiger partial charge < -0.3 is 4.98 Å². The van der Waals surface area contributed by atoms with Crippen LogP contribution >= 0.6 is 0 Å². The van der Waals surface area contributed by atoms with Gasteiger partial charge in [-0.1, -0.05) is 55.8 Å². The first-order chi connectivity index (χ1) is 10.8. The number of carbonyl (C=O) groups excluding carboxylic acids is 1. The molecule has 0 spiro atoms. The van der Waals surface area contributed by atoms with Crippen molar-refractivity contribution in [1.29, 1.82) is 0 Å². The van der Waals surface area contributed by atoms with Crippen LogP contribution in [0.2, 0.25) is 13.1 Å². The van der Waals surface area contributed by atoms with Crippen molar-refractivity contribution in [1.82, 2.24) is 4.98 Å². The summed E-state index contributed by atoms with van der Waals surface area (Å²) in [5.74, 6) is 0.187. The van der Waals surface area contributed by atoms with E-state index in [9.17, 15) is 4.79 Å². The van der Waals surface area contributed by atoms with E-state index in [1.807, 2.05) is 13.8 Å². The average molecular weight is 324 g/mol. The zero-order chi connectivity index (χ0) is 16.8. The highest BCUT2D eigenvalue weighted by Gasteiger charge is 2.36. The van der Waals surface area contributed by atoms with Gasteiger partial charge >= 0.3 is 0 Å². The first-order valence-electron chi connectivity index (χ1n) is 8.34. The van der Waals surface area contributed by atoms with Gasteiger partial charge in [-0.15, -0.1) is 0 Å². The molecular weight excluding hydrogens is 298 g/mol. The van der Waals surface area contributed by atoms with E-state index < -0.39 is 8.24 Å². The molecule has 1 amide bonds. The maximum atomic E-state index is 12.3. The Hall–Kier alpha value is -1.87. The molecule has 2 aromatic rings. The Morgan fingerprint density at radius 2 is 1.83 bits per heavy atom. The SMILES string of the molecule is CC1=C([Si](C)(C)NC(=O)C(C)C)c2c(ccc3ccccc23)C1. The molecular formula is C20H25NOSi. The zero-order valence-electron chi connectivity index (χ0n) is 14.7. The zero-order valence-corrected chi connectivity index (χ0v) is 15.7. The molecule has 3 heteroatoms. The molecule has 0 atom stereocenters. The first-order valence-corrected chi connectivity index (χ1v) is 11.3. The van der Waals surface area contributed by atoms with Crippen LogP contribution in [0.5, 0.6) is 0 Å². The predicted molar refractivity (Wildman–Crippen MR) is 101 cm³/mol. The van der Waals surface area contributed by atoms with Crippen molar-refractivity contribution in [3.05, 3.63) is 53.1 Å². The maximum absolute atomic E-state index is 12.3. The van der Waals surface area contributed by atoms with Gasteiger partial charge in [0.25, 0.3) is 0 Å². The molecule has 0 heterocycles. The van der Waals surface area contributed by atoms with Gasteiger partial charge in [0, 0.05) is 5.92 Å². The number of allylic oxidation sites excluding steroid dienone is 1. The van der Waals surface area contributed by atoms with Crippen LogP contribution in [0.4, 0.5) is 0 Å². The van der Waals surface area contributed by atoms with Gasteiger partial charge in [-0.05, 0) is 53.5 Å². The highest BCUT2D eigenvalue weighted by molar-refractivity contribution is 6.94. The fourth-order valence-corrected chi connectivity index (χ4v) is 6.81. The third-order valence-corrected chi connectivity index (χ3v) is 7.53. The second-order valence-corrected chi connectivity index (χ2v) is 11.4. The molecule has 0 aromatic heterocycles. The lowest BCUT2D eigenvalue weighted by atomic mass is 10.0. The van der Waals surface area contributed by atoms with E-state index in [-0.39, 0.29) is 11.8 Å². The quantitative estimate of drug-likeness (QED) is 0.816. The molecule has 0 aliphatic heterocycles. The van der Waals surface area contributed by atoms with Crippen molar-refractivity contribution in [2.24, 2.45) is 5.92 Å². The number of nitrogens with one attached hydrogen (secondary N) is 1. The number of hydrogen-bond donors (Lipinski definition) is 1. The number of fused-ring (bicyclic) bond motifs is 3. The van der Waals surface area contributed by atoms with Crippen LogP contribution in [0.15, 0.2) is 42.0 Å². The van der Waals surface area contributed by atoms with Crippen LogP contribution in [-0.4, -0.2) is 14.1 Å². The summed E-state index contributed by atoms with van der Waals surface area (Å²) in [4.78, 5) is 15.7. The van der Waals surface area contributed by atoms with Crippen molar-refractivity contribution in [3.63, 3.8) is 0 Å². The van der Waals surface area contributed by atoms with Crippen molar-refractivity contribution in [2.45, 2.75) is 40.3 Å². The third kappa shape index (κ3) is 2.74. The van der Waals surface area contributed by atoms with Gasteiger partial charge in [0.15, 0.2) is 8.24 Å². The Morgan fingerprint density at radius 1 is 1.13 bits per heavy atom. The lowest BCUT2D eigenvalue weighted by molar-refractivity contribution is -0.122. The molecule has 2 aromatic carbocycles. The summed E-state index contributed by atoms with van der Waals surface area (Å²) in [6, 6.07) is 13.0. The average Bonchev–Trinajstić information content (AvgIpc) is 2.83. The molecule has 2 nitrogen and oxygen atoms in total. The Labute approximate surface area is 139 Å². The maximum Gasteiger partial charge on any atom is 0.215 e. The van der Waals surface area contributed by atoms with E-state index >= 15 is 0 Å².